The second-order valence-corrected chi connectivity index (χ2v) is 3.68. The average molecular weight is 248 g/mol. The van der Waals surface area contributed by atoms with Crippen LogP contribution in [0.2, 0.25) is 0 Å². The maximum absolute atomic E-state index is 11.5. The molecule has 1 aromatic heterocycles. The Balaban J connectivity index is 2.90. The molecular weight excluding hydrogens is 240 g/mol. The Bertz CT molecular complexity index is 732. The molecule has 0 atom stereocenters. The number of aromatic hydroxyl groups is 1. The summed E-state index contributed by atoms with van der Waals surface area (Å²) in [5.41, 5.74) is -1.51. The van der Waals surface area contributed by atoms with E-state index in [0.717, 1.165) is 6.07 Å². The number of hydrogen-bond donors (Lipinski definition) is 2. The summed E-state index contributed by atoms with van der Waals surface area (Å²) in [6.45, 7) is 1.31. The van der Waals surface area contributed by atoms with Crippen molar-refractivity contribution in [3.63, 3.8) is 0 Å². The standard InChI is InChI=1S/C11H8N2O5/c1-5(12)9-10(14)7-4-6(13(16)17)2-3-8(7)18-11(9)15/h2-4,12,14H,1H3. The van der Waals surface area contributed by atoms with Gasteiger partial charge in [-0.3, -0.25) is 10.1 Å². The summed E-state index contributed by atoms with van der Waals surface area (Å²) in [4.78, 5) is 21.5. The van der Waals surface area contributed by atoms with Gasteiger partial charge in [-0.15, -0.1) is 0 Å². The van der Waals surface area contributed by atoms with Gasteiger partial charge in [0.25, 0.3) is 5.69 Å². The summed E-state index contributed by atoms with van der Waals surface area (Å²) in [5, 5.41) is 27.9. The topological polar surface area (TPSA) is 117 Å². The highest BCUT2D eigenvalue weighted by atomic mass is 16.6. The van der Waals surface area contributed by atoms with E-state index in [9.17, 15) is 20.0 Å². The zero-order valence-electron chi connectivity index (χ0n) is 9.26. The predicted octanol–water partition coefficient (Wildman–Crippen LogP) is 1.79. The van der Waals surface area contributed by atoms with Crippen LogP contribution in [-0.4, -0.2) is 15.7 Å². The lowest BCUT2D eigenvalue weighted by Gasteiger charge is -2.04. The van der Waals surface area contributed by atoms with E-state index in [4.69, 9.17) is 9.83 Å². The van der Waals surface area contributed by atoms with Crippen molar-refractivity contribution in [3.05, 3.63) is 44.3 Å². The minimum atomic E-state index is -0.846. The molecule has 0 saturated heterocycles. The number of rotatable bonds is 2. The van der Waals surface area contributed by atoms with Crippen molar-refractivity contribution in [2.45, 2.75) is 6.92 Å². The number of nitro groups is 1. The Morgan fingerprint density at radius 3 is 2.72 bits per heavy atom. The highest BCUT2D eigenvalue weighted by molar-refractivity contribution is 6.03. The smallest absolute Gasteiger partial charge is 0.349 e. The summed E-state index contributed by atoms with van der Waals surface area (Å²) in [7, 11) is 0. The summed E-state index contributed by atoms with van der Waals surface area (Å²) in [6, 6.07) is 3.50. The lowest BCUT2D eigenvalue weighted by atomic mass is 10.1. The molecular formula is C11H8N2O5. The van der Waals surface area contributed by atoms with Crippen LogP contribution < -0.4 is 5.63 Å². The fourth-order valence-electron chi connectivity index (χ4n) is 1.62. The first-order chi connectivity index (χ1) is 8.41. The zero-order valence-corrected chi connectivity index (χ0v) is 9.26. The Morgan fingerprint density at radius 2 is 2.17 bits per heavy atom. The van der Waals surface area contributed by atoms with Gasteiger partial charge in [0, 0.05) is 17.8 Å². The first kappa shape index (κ1) is 11.8. The number of nitrogens with zero attached hydrogens (tertiary/aromatic N) is 1. The van der Waals surface area contributed by atoms with Crippen molar-refractivity contribution in [1.82, 2.24) is 0 Å². The lowest BCUT2D eigenvalue weighted by molar-refractivity contribution is -0.384. The minimum absolute atomic E-state index is 0.0328. The highest BCUT2D eigenvalue weighted by Crippen LogP contribution is 2.29. The second kappa shape index (κ2) is 3.95. The molecule has 0 aliphatic rings. The fraction of sp³-hybridized carbons (Fsp3) is 0.0909. The monoisotopic (exact) mass is 248 g/mol. The molecule has 7 heteroatoms. The van der Waals surface area contributed by atoms with Crippen LogP contribution in [0.25, 0.3) is 11.0 Å². The largest absolute Gasteiger partial charge is 0.506 e. The van der Waals surface area contributed by atoms with Gasteiger partial charge >= 0.3 is 5.63 Å². The SMILES string of the molecule is CC(=N)c1c(O)c2cc([N+](=O)[O-])ccc2oc1=O. The molecule has 18 heavy (non-hydrogen) atoms. The molecule has 2 rings (SSSR count). The molecule has 2 aromatic rings. The van der Waals surface area contributed by atoms with Crippen LogP contribution in [0.1, 0.15) is 12.5 Å². The molecule has 0 saturated carbocycles. The van der Waals surface area contributed by atoms with Gasteiger partial charge in [-0.1, -0.05) is 0 Å². The molecule has 92 valence electrons. The molecule has 7 nitrogen and oxygen atoms in total. The Kier molecular flexibility index (Phi) is 2.59. The molecule has 0 aliphatic heterocycles. The van der Waals surface area contributed by atoms with Crippen molar-refractivity contribution < 1.29 is 14.4 Å². The first-order valence-corrected chi connectivity index (χ1v) is 4.91. The van der Waals surface area contributed by atoms with E-state index >= 15 is 0 Å². The lowest BCUT2D eigenvalue weighted by Crippen LogP contribution is -2.11. The zero-order chi connectivity index (χ0) is 13.4. The summed E-state index contributed by atoms with van der Waals surface area (Å²) >= 11 is 0. The highest BCUT2D eigenvalue weighted by Gasteiger charge is 2.17. The molecule has 0 spiro atoms. The molecule has 0 radical (unpaired) electrons. The van der Waals surface area contributed by atoms with Gasteiger partial charge in [-0.05, 0) is 13.0 Å². The van der Waals surface area contributed by atoms with E-state index in [0.29, 0.717) is 0 Å². The van der Waals surface area contributed by atoms with E-state index in [2.05, 4.69) is 0 Å². The van der Waals surface area contributed by atoms with E-state index in [1.165, 1.54) is 19.1 Å². The molecule has 0 unspecified atom stereocenters. The van der Waals surface area contributed by atoms with Gasteiger partial charge in [0.1, 0.15) is 16.9 Å². The number of nitrogens with one attached hydrogen (secondary N) is 1. The molecule has 0 aliphatic carbocycles. The van der Waals surface area contributed by atoms with Crippen LogP contribution in [0.3, 0.4) is 0 Å². The first-order valence-electron chi connectivity index (χ1n) is 4.91. The molecule has 2 N–H and O–H groups in total. The van der Waals surface area contributed by atoms with Gasteiger partial charge in [-0.2, -0.15) is 0 Å². The molecule has 1 heterocycles. The third kappa shape index (κ3) is 1.71. The molecule has 0 fully saturated rings. The van der Waals surface area contributed by atoms with Gasteiger partial charge in [-0.25, -0.2) is 4.79 Å². The maximum Gasteiger partial charge on any atom is 0.349 e. The van der Waals surface area contributed by atoms with Gasteiger partial charge in [0.05, 0.1) is 10.3 Å². The molecule has 0 bridgehead atoms. The van der Waals surface area contributed by atoms with E-state index in [-0.39, 0.29) is 27.9 Å². The van der Waals surface area contributed by atoms with Crippen molar-refractivity contribution in [2.75, 3.05) is 0 Å². The van der Waals surface area contributed by atoms with E-state index in [1.54, 1.807) is 0 Å². The fourth-order valence-corrected chi connectivity index (χ4v) is 1.62. The van der Waals surface area contributed by atoms with Crippen LogP contribution in [0, 0.1) is 15.5 Å². The third-order valence-electron chi connectivity index (χ3n) is 2.45. The van der Waals surface area contributed by atoms with Crippen molar-refractivity contribution in [1.29, 1.82) is 5.41 Å². The normalized spacial score (nSPS) is 10.5. The van der Waals surface area contributed by atoms with Crippen molar-refractivity contribution in [2.24, 2.45) is 0 Å². The van der Waals surface area contributed by atoms with Crippen LogP contribution in [0.5, 0.6) is 5.75 Å². The van der Waals surface area contributed by atoms with Crippen LogP contribution in [-0.2, 0) is 0 Å². The number of benzene rings is 1. The van der Waals surface area contributed by atoms with Gasteiger partial charge < -0.3 is 14.9 Å². The Morgan fingerprint density at radius 1 is 1.50 bits per heavy atom. The van der Waals surface area contributed by atoms with Crippen LogP contribution in [0.15, 0.2) is 27.4 Å². The summed E-state index contributed by atoms with van der Waals surface area (Å²) in [6.07, 6.45) is 0. The molecule has 1 aromatic carbocycles. The minimum Gasteiger partial charge on any atom is -0.506 e. The average Bonchev–Trinajstić information content (AvgIpc) is 2.27. The predicted molar refractivity (Wildman–Crippen MR) is 63.3 cm³/mol. The summed E-state index contributed by atoms with van der Waals surface area (Å²) in [5.74, 6) is -0.475. The van der Waals surface area contributed by atoms with Crippen LogP contribution in [0.4, 0.5) is 5.69 Å². The van der Waals surface area contributed by atoms with Crippen LogP contribution >= 0.6 is 0 Å². The molecule has 0 amide bonds. The van der Waals surface area contributed by atoms with Crippen molar-refractivity contribution >= 4 is 22.4 Å². The Labute approximate surface area is 99.9 Å². The number of fused-ring (bicyclic) bond motifs is 1. The number of non-ortho nitro benzene ring substituents is 1. The second-order valence-electron chi connectivity index (χ2n) is 3.68. The van der Waals surface area contributed by atoms with E-state index in [1.807, 2.05) is 0 Å². The number of hydrogen-bond acceptors (Lipinski definition) is 6. The van der Waals surface area contributed by atoms with E-state index < -0.39 is 16.3 Å². The van der Waals surface area contributed by atoms with Crippen molar-refractivity contribution in [3.8, 4) is 5.75 Å². The van der Waals surface area contributed by atoms with Gasteiger partial charge in [0.15, 0.2) is 0 Å². The van der Waals surface area contributed by atoms with Gasteiger partial charge in [0.2, 0.25) is 0 Å². The quantitative estimate of drug-likeness (QED) is 0.363. The summed E-state index contributed by atoms with van der Waals surface area (Å²) < 4.78 is 4.89. The maximum atomic E-state index is 11.5. The number of nitro benzene ring substituents is 1. The Hall–Kier alpha value is -2.70. The third-order valence-corrected chi connectivity index (χ3v) is 2.45.